The molecule has 0 saturated heterocycles. The van der Waals surface area contributed by atoms with Crippen LogP contribution in [0.3, 0.4) is 0 Å². The number of halogens is 2. The fraction of sp³-hybridized carbons (Fsp3) is 0.278. The quantitative estimate of drug-likeness (QED) is 0.853. The Bertz CT molecular complexity index is 732. The van der Waals surface area contributed by atoms with Crippen LogP contribution < -0.4 is 10.1 Å². The van der Waals surface area contributed by atoms with Crippen LogP contribution in [0, 0.1) is 18.6 Å². The number of carbonyl (C=O) groups is 1. The second kappa shape index (κ2) is 7.40. The minimum Gasteiger partial charge on any atom is -0.484 e. The molecular formula is C18H19F2NO3. The molecule has 0 aliphatic rings. The third-order valence-corrected chi connectivity index (χ3v) is 3.50. The molecule has 1 unspecified atom stereocenters. The van der Waals surface area contributed by atoms with Crippen LogP contribution in [0.1, 0.15) is 18.1 Å². The molecule has 1 atom stereocenters. The van der Waals surface area contributed by atoms with Crippen LogP contribution in [0.15, 0.2) is 42.5 Å². The van der Waals surface area contributed by atoms with Crippen LogP contribution >= 0.6 is 0 Å². The lowest BCUT2D eigenvalue weighted by Crippen LogP contribution is -2.41. The van der Waals surface area contributed by atoms with Crippen LogP contribution in [0.5, 0.6) is 5.75 Å². The Balaban J connectivity index is 1.90. The first-order valence-electron chi connectivity index (χ1n) is 7.42. The predicted octanol–water partition coefficient (Wildman–Crippen LogP) is 2.68. The molecule has 0 aliphatic heterocycles. The molecule has 0 bridgehead atoms. The summed E-state index contributed by atoms with van der Waals surface area (Å²) in [7, 11) is 0. The summed E-state index contributed by atoms with van der Waals surface area (Å²) in [5, 5.41) is 12.8. The van der Waals surface area contributed by atoms with E-state index < -0.39 is 23.1 Å². The Morgan fingerprint density at radius 1 is 1.25 bits per heavy atom. The van der Waals surface area contributed by atoms with E-state index in [1.807, 2.05) is 19.1 Å². The van der Waals surface area contributed by atoms with E-state index in [-0.39, 0.29) is 18.7 Å². The number of hydrogen-bond acceptors (Lipinski definition) is 3. The van der Waals surface area contributed by atoms with Crippen molar-refractivity contribution < 1.29 is 23.4 Å². The Morgan fingerprint density at radius 3 is 2.67 bits per heavy atom. The average Bonchev–Trinajstić information content (AvgIpc) is 2.51. The molecule has 0 fully saturated rings. The van der Waals surface area contributed by atoms with Gasteiger partial charge in [0.2, 0.25) is 0 Å². The first-order chi connectivity index (χ1) is 11.3. The molecule has 2 aromatic carbocycles. The number of aryl methyl sites for hydroxylation is 1. The van der Waals surface area contributed by atoms with E-state index in [9.17, 15) is 18.7 Å². The highest BCUT2D eigenvalue weighted by Gasteiger charge is 2.27. The highest BCUT2D eigenvalue weighted by molar-refractivity contribution is 5.77. The summed E-state index contributed by atoms with van der Waals surface area (Å²) in [5.41, 5.74) is -0.761. The number of aliphatic hydroxyl groups is 1. The van der Waals surface area contributed by atoms with Crippen molar-refractivity contribution in [2.24, 2.45) is 0 Å². The van der Waals surface area contributed by atoms with Gasteiger partial charge in [-0.25, -0.2) is 8.78 Å². The van der Waals surface area contributed by atoms with Crippen molar-refractivity contribution in [3.63, 3.8) is 0 Å². The lowest BCUT2D eigenvalue weighted by atomic mass is 9.95. The van der Waals surface area contributed by atoms with Crippen molar-refractivity contribution >= 4 is 5.91 Å². The van der Waals surface area contributed by atoms with Crippen LogP contribution in [-0.2, 0) is 10.4 Å². The van der Waals surface area contributed by atoms with Crippen molar-refractivity contribution in [1.29, 1.82) is 0 Å². The molecule has 2 aromatic rings. The highest BCUT2D eigenvalue weighted by Crippen LogP contribution is 2.23. The molecule has 4 nitrogen and oxygen atoms in total. The Kier molecular flexibility index (Phi) is 5.51. The van der Waals surface area contributed by atoms with Gasteiger partial charge in [0.05, 0.1) is 6.54 Å². The standard InChI is InChI=1S/C18H19F2NO3/c1-12-4-3-5-14(8-12)24-10-17(22)21-11-18(2,23)15-7-6-13(19)9-16(15)20/h3-9,23H,10-11H2,1-2H3,(H,21,22). The SMILES string of the molecule is Cc1cccc(OCC(=O)NCC(C)(O)c2ccc(F)cc2F)c1. The summed E-state index contributed by atoms with van der Waals surface area (Å²) in [6.45, 7) is 2.78. The van der Waals surface area contributed by atoms with Gasteiger partial charge in [-0.3, -0.25) is 4.79 Å². The maximum Gasteiger partial charge on any atom is 0.258 e. The van der Waals surface area contributed by atoms with Crippen LogP contribution in [0.2, 0.25) is 0 Å². The zero-order valence-electron chi connectivity index (χ0n) is 13.5. The smallest absolute Gasteiger partial charge is 0.258 e. The normalized spacial score (nSPS) is 13.2. The van der Waals surface area contributed by atoms with Crippen molar-refractivity contribution in [3.05, 3.63) is 65.2 Å². The predicted molar refractivity (Wildman–Crippen MR) is 85.6 cm³/mol. The lowest BCUT2D eigenvalue weighted by molar-refractivity contribution is -0.124. The minimum absolute atomic E-state index is 0.0937. The zero-order valence-corrected chi connectivity index (χ0v) is 13.5. The molecule has 24 heavy (non-hydrogen) atoms. The molecular weight excluding hydrogens is 316 g/mol. The largest absolute Gasteiger partial charge is 0.484 e. The molecule has 0 aromatic heterocycles. The summed E-state index contributed by atoms with van der Waals surface area (Å²) in [4.78, 5) is 11.8. The van der Waals surface area contributed by atoms with Gasteiger partial charge in [-0.1, -0.05) is 18.2 Å². The van der Waals surface area contributed by atoms with Gasteiger partial charge in [0, 0.05) is 11.6 Å². The second-order valence-corrected chi connectivity index (χ2v) is 5.78. The molecule has 1 amide bonds. The van der Waals surface area contributed by atoms with Gasteiger partial charge in [0.1, 0.15) is 23.0 Å². The van der Waals surface area contributed by atoms with Gasteiger partial charge >= 0.3 is 0 Å². The van der Waals surface area contributed by atoms with Gasteiger partial charge in [0.15, 0.2) is 6.61 Å². The number of benzene rings is 2. The summed E-state index contributed by atoms with van der Waals surface area (Å²) in [5.74, 6) is -1.51. The van der Waals surface area contributed by atoms with Gasteiger partial charge in [-0.15, -0.1) is 0 Å². The number of rotatable bonds is 6. The van der Waals surface area contributed by atoms with Gasteiger partial charge in [-0.2, -0.15) is 0 Å². The molecule has 0 radical (unpaired) electrons. The Hall–Kier alpha value is -2.47. The van der Waals surface area contributed by atoms with E-state index >= 15 is 0 Å². The van der Waals surface area contributed by atoms with E-state index in [0.717, 1.165) is 17.7 Å². The van der Waals surface area contributed by atoms with Gasteiger partial charge in [-0.05, 0) is 37.6 Å². The highest BCUT2D eigenvalue weighted by atomic mass is 19.1. The van der Waals surface area contributed by atoms with E-state index in [1.54, 1.807) is 12.1 Å². The number of carbonyl (C=O) groups excluding carboxylic acids is 1. The number of nitrogens with one attached hydrogen (secondary N) is 1. The molecule has 0 heterocycles. The van der Waals surface area contributed by atoms with Gasteiger partial charge in [0.25, 0.3) is 5.91 Å². The van der Waals surface area contributed by atoms with Crippen molar-refractivity contribution in [2.75, 3.05) is 13.2 Å². The molecule has 2 N–H and O–H groups in total. The monoisotopic (exact) mass is 335 g/mol. The number of ether oxygens (including phenoxy) is 1. The number of hydrogen-bond donors (Lipinski definition) is 2. The first-order valence-corrected chi connectivity index (χ1v) is 7.42. The van der Waals surface area contributed by atoms with Crippen LogP contribution in [0.25, 0.3) is 0 Å². The van der Waals surface area contributed by atoms with Crippen molar-refractivity contribution in [3.8, 4) is 5.75 Å². The zero-order chi connectivity index (χ0) is 17.7. The summed E-state index contributed by atoms with van der Waals surface area (Å²) in [6.07, 6.45) is 0. The van der Waals surface area contributed by atoms with E-state index in [1.165, 1.54) is 6.92 Å². The molecule has 128 valence electrons. The van der Waals surface area contributed by atoms with E-state index in [4.69, 9.17) is 4.74 Å². The van der Waals surface area contributed by atoms with Crippen LogP contribution in [0.4, 0.5) is 8.78 Å². The van der Waals surface area contributed by atoms with Crippen molar-refractivity contribution in [1.82, 2.24) is 5.32 Å². The fourth-order valence-electron chi connectivity index (χ4n) is 2.20. The summed E-state index contributed by atoms with van der Waals surface area (Å²) < 4.78 is 32.0. The Labute approximate surface area is 139 Å². The third-order valence-electron chi connectivity index (χ3n) is 3.50. The second-order valence-electron chi connectivity index (χ2n) is 5.78. The summed E-state index contributed by atoms with van der Waals surface area (Å²) in [6, 6.07) is 10.1. The lowest BCUT2D eigenvalue weighted by Gasteiger charge is -2.24. The van der Waals surface area contributed by atoms with Crippen molar-refractivity contribution in [2.45, 2.75) is 19.4 Å². The topological polar surface area (TPSA) is 58.6 Å². The van der Waals surface area contributed by atoms with Gasteiger partial charge < -0.3 is 15.2 Å². The van der Waals surface area contributed by atoms with E-state index in [2.05, 4.69) is 5.32 Å². The van der Waals surface area contributed by atoms with Crippen LogP contribution in [-0.4, -0.2) is 24.2 Å². The minimum atomic E-state index is -1.67. The maximum absolute atomic E-state index is 13.7. The molecule has 0 spiro atoms. The molecule has 6 heteroatoms. The average molecular weight is 335 g/mol. The molecule has 0 saturated carbocycles. The maximum atomic E-state index is 13.7. The first kappa shape index (κ1) is 17.9. The molecule has 2 rings (SSSR count). The third kappa shape index (κ3) is 4.76. The molecule has 0 aliphatic carbocycles. The van der Waals surface area contributed by atoms with E-state index in [0.29, 0.717) is 11.8 Å². The summed E-state index contributed by atoms with van der Waals surface area (Å²) >= 11 is 0. The Morgan fingerprint density at radius 2 is 2.00 bits per heavy atom. The number of amides is 1. The fourth-order valence-corrected chi connectivity index (χ4v) is 2.20.